The zero-order valence-electron chi connectivity index (χ0n) is 14.9. The summed E-state index contributed by atoms with van der Waals surface area (Å²) in [5.74, 6) is -0.258. The van der Waals surface area contributed by atoms with Crippen LogP contribution in [-0.2, 0) is 0 Å². The van der Waals surface area contributed by atoms with E-state index >= 15 is 0 Å². The van der Waals surface area contributed by atoms with Crippen LogP contribution in [0.25, 0.3) is 11.0 Å². The second kappa shape index (κ2) is 6.05. The van der Waals surface area contributed by atoms with E-state index in [0.29, 0.717) is 35.7 Å². The first-order valence-corrected chi connectivity index (χ1v) is 9.13. The van der Waals surface area contributed by atoms with E-state index in [1.165, 1.54) is 24.3 Å². The standard InChI is InChI=1S/C20H18FN5O2/c21-12-6-4-11(5-7-12)19(28)25-9-14-8-13(25)10-26(14)20-23-16-3-1-2-15(18(22)27)17(16)24-20/h1-7,13-14H,8-10H2,(H2,22,27)(H,23,24)/t13-,14+/m0/s1. The van der Waals surface area contributed by atoms with Gasteiger partial charge in [0.1, 0.15) is 11.3 Å². The van der Waals surface area contributed by atoms with Gasteiger partial charge in [0.2, 0.25) is 5.95 Å². The topological polar surface area (TPSA) is 95.3 Å². The molecule has 1 aromatic heterocycles. The van der Waals surface area contributed by atoms with Gasteiger partial charge in [0.25, 0.3) is 11.8 Å². The van der Waals surface area contributed by atoms with Crippen molar-refractivity contribution >= 4 is 28.8 Å². The van der Waals surface area contributed by atoms with Gasteiger partial charge in [-0.1, -0.05) is 6.07 Å². The van der Waals surface area contributed by atoms with Gasteiger partial charge in [0, 0.05) is 18.7 Å². The van der Waals surface area contributed by atoms with Gasteiger partial charge in [0.05, 0.1) is 23.2 Å². The lowest BCUT2D eigenvalue weighted by atomic mass is 10.1. The molecule has 2 atom stereocenters. The Morgan fingerprint density at radius 3 is 2.57 bits per heavy atom. The van der Waals surface area contributed by atoms with E-state index in [1.54, 1.807) is 12.1 Å². The van der Waals surface area contributed by atoms with Crippen molar-refractivity contribution in [2.45, 2.75) is 18.5 Å². The fourth-order valence-corrected chi connectivity index (χ4v) is 4.29. The first-order chi connectivity index (χ1) is 13.5. The van der Waals surface area contributed by atoms with Crippen molar-refractivity contribution in [3.8, 4) is 0 Å². The van der Waals surface area contributed by atoms with Crippen LogP contribution in [0.4, 0.5) is 10.3 Å². The average molecular weight is 379 g/mol. The number of piperazine rings is 1. The van der Waals surface area contributed by atoms with Gasteiger partial charge >= 0.3 is 0 Å². The van der Waals surface area contributed by atoms with Crippen molar-refractivity contribution < 1.29 is 14.0 Å². The summed E-state index contributed by atoms with van der Waals surface area (Å²) in [6.07, 6.45) is 0.854. The van der Waals surface area contributed by atoms with Crippen LogP contribution in [0.1, 0.15) is 27.1 Å². The molecule has 0 aliphatic carbocycles. The van der Waals surface area contributed by atoms with E-state index in [2.05, 4.69) is 14.9 Å². The Morgan fingerprint density at radius 1 is 1.11 bits per heavy atom. The molecular weight excluding hydrogens is 361 g/mol. The summed E-state index contributed by atoms with van der Waals surface area (Å²) < 4.78 is 13.1. The Bertz CT molecular complexity index is 1090. The van der Waals surface area contributed by atoms with E-state index in [9.17, 15) is 14.0 Å². The Kier molecular flexibility index (Phi) is 3.61. The molecule has 28 heavy (non-hydrogen) atoms. The van der Waals surface area contributed by atoms with Crippen molar-refractivity contribution in [1.29, 1.82) is 0 Å². The molecule has 2 aromatic carbocycles. The number of likely N-dealkylation sites (tertiary alicyclic amines) is 1. The molecular formula is C20H18FN5O2. The van der Waals surface area contributed by atoms with Crippen LogP contribution < -0.4 is 10.6 Å². The third-order valence-corrected chi connectivity index (χ3v) is 5.63. The lowest BCUT2D eigenvalue weighted by molar-refractivity contribution is 0.0725. The van der Waals surface area contributed by atoms with Crippen LogP contribution >= 0.6 is 0 Å². The first kappa shape index (κ1) is 16.7. The molecule has 3 N–H and O–H groups in total. The fraction of sp³-hybridized carbons (Fsp3) is 0.250. The molecule has 2 saturated heterocycles. The smallest absolute Gasteiger partial charge is 0.254 e. The summed E-state index contributed by atoms with van der Waals surface area (Å²) in [4.78, 5) is 36.2. The largest absolute Gasteiger partial charge is 0.366 e. The number of aromatic amines is 1. The van der Waals surface area contributed by atoms with E-state index in [-0.39, 0.29) is 23.8 Å². The molecule has 5 rings (SSSR count). The molecule has 3 aromatic rings. The molecule has 2 aliphatic rings. The summed E-state index contributed by atoms with van der Waals surface area (Å²) in [6.45, 7) is 1.24. The van der Waals surface area contributed by atoms with Crippen LogP contribution in [-0.4, -0.2) is 51.9 Å². The average Bonchev–Trinajstić information content (AvgIpc) is 3.40. The minimum atomic E-state index is -0.511. The number of hydrogen-bond donors (Lipinski definition) is 2. The number of carbonyl (C=O) groups excluding carboxylic acids is 2. The second-order valence-electron chi connectivity index (χ2n) is 7.29. The number of nitrogens with zero attached hydrogens (tertiary/aromatic N) is 3. The van der Waals surface area contributed by atoms with Gasteiger partial charge in [0.15, 0.2) is 0 Å². The first-order valence-electron chi connectivity index (χ1n) is 9.13. The van der Waals surface area contributed by atoms with Gasteiger partial charge in [-0.3, -0.25) is 9.59 Å². The third kappa shape index (κ3) is 2.52. The molecule has 0 radical (unpaired) electrons. The molecule has 0 spiro atoms. The Labute approximate surface area is 159 Å². The Hall–Kier alpha value is -3.42. The normalized spacial score (nSPS) is 20.9. The summed E-state index contributed by atoms with van der Waals surface area (Å²) in [6, 6.07) is 11.2. The summed E-state index contributed by atoms with van der Waals surface area (Å²) in [5, 5.41) is 0. The highest BCUT2D eigenvalue weighted by atomic mass is 19.1. The van der Waals surface area contributed by atoms with Crippen molar-refractivity contribution in [3.05, 3.63) is 59.4 Å². The number of halogens is 1. The number of primary amides is 1. The lowest BCUT2D eigenvalue weighted by Crippen LogP contribution is -2.49. The number of carbonyl (C=O) groups is 2. The van der Waals surface area contributed by atoms with Crippen molar-refractivity contribution in [3.63, 3.8) is 0 Å². The van der Waals surface area contributed by atoms with E-state index in [4.69, 9.17) is 5.73 Å². The molecule has 3 heterocycles. The molecule has 0 saturated carbocycles. The summed E-state index contributed by atoms with van der Waals surface area (Å²) >= 11 is 0. The minimum Gasteiger partial charge on any atom is -0.366 e. The van der Waals surface area contributed by atoms with Gasteiger partial charge < -0.3 is 20.5 Å². The second-order valence-corrected chi connectivity index (χ2v) is 7.29. The maximum atomic E-state index is 13.1. The molecule has 2 aliphatic heterocycles. The number of anilines is 1. The predicted octanol–water partition coefficient (Wildman–Crippen LogP) is 1.90. The predicted molar refractivity (Wildman–Crippen MR) is 102 cm³/mol. The number of nitrogens with one attached hydrogen (secondary N) is 1. The van der Waals surface area contributed by atoms with Gasteiger partial charge in [-0.2, -0.15) is 0 Å². The number of aromatic nitrogens is 2. The van der Waals surface area contributed by atoms with Gasteiger partial charge in [-0.25, -0.2) is 9.37 Å². The molecule has 0 unspecified atom stereocenters. The van der Waals surface area contributed by atoms with Gasteiger partial charge in [-0.05, 0) is 42.8 Å². The third-order valence-electron chi connectivity index (χ3n) is 5.63. The monoisotopic (exact) mass is 379 g/mol. The van der Waals surface area contributed by atoms with Crippen LogP contribution in [0.3, 0.4) is 0 Å². The van der Waals surface area contributed by atoms with Crippen molar-refractivity contribution in [2.75, 3.05) is 18.0 Å². The van der Waals surface area contributed by atoms with E-state index < -0.39 is 5.91 Å². The highest BCUT2D eigenvalue weighted by Crippen LogP contribution is 2.35. The number of nitrogens with two attached hydrogens (primary N) is 1. The minimum absolute atomic E-state index is 0.0753. The molecule has 2 amide bonds. The number of imidazole rings is 1. The Balaban J connectivity index is 1.38. The van der Waals surface area contributed by atoms with Crippen molar-refractivity contribution in [1.82, 2.24) is 14.9 Å². The fourth-order valence-electron chi connectivity index (χ4n) is 4.29. The van der Waals surface area contributed by atoms with Crippen LogP contribution in [0, 0.1) is 5.82 Å². The highest BCUT2D eigenvalue weighted by molar-refractivity contribution is 6.04. The van der Waals surface area contributed by atoms with Crippen molar-refractivity contribution in [2.24, 2.45) is 5.73 Å². The van der Waals surface area contributed by atoms with E-state index in [0.717, 1.165) is 11.9 Å². The molecule has 8 heteroatoms. The number of rotatable bonds is 3. The van der Waals surface area contributed by atoms with Gasteiger partial charge in [-0.15, -0.1) is 0 Å². The number of hydrogen-bond acceptors (Lipinski definition) is 4. The Morgan fingerprint density at radius 2 is 1.89 bits per heavy atom. The number of para-hydroxylation sites is 1. The maximum Gasteiger partial charge on any atom is 0.254 e. The summed E-state index contributed by atoms with van der Waals surface area (Å²) in [5.41, 5.74) is 7.65. The van der Waals surface area contributed by atoms with Crippen LogP contribution in [0.5, 0.6) is 0 Å². The quantitative estimate of drug-likeness (QED) is 0.727. The number of benzene rings is 2. The zero-order valence-corrected chi connectivity index (χ0v) is 14.9. The maximum absolute atomic E-state index is 13.1. The lowest BCUT2D eigenvalue weighted by Gasteiger charge is -2.34. The molecule has 2 fully saturated rings. The molecule has 142 valence electrons. The van der Waals surface area contributed by atoms with Crippen LogP contribution in [0.15, 0.2) is 42.5 Å². The number of H-pyrrole nitrogens is 1. The number of amides is 2. The number of fused-ring (bicyclic) bond motifs is 3. The molecule has 7 nitrogen and oxygen atoms in total. The van der Waals surface area contributed by atoms with Crippen LogP contribution in [0.2, 0.25) is 0 Å². The zero-order chi connectivity index (χ0) is 19.4. The SMILES string of the molecule is NC(=O)c1cccc2[nH]c(N3C[C@@H]4C[C@@H]3CN4C(=O)c3ccc(F)cc3)nc12. The molecule has 2 bridgehead atoms. The summed E-state index contributed by atoms with van der Waals surface area (Å²) in [7, 11) is 0. The van der Waals surface area contributed by atoms with E-state index in [1.807, 2.05) is 11.0 Å². The highest BCUT2D eigenvalue weighted by Gasteiger charge is 2.46.